The van der Waals surface area contributed by atoms with Crippen LogP contribution < -0.4 is 5.32 Å². The molecule has 4 heteroatoms. The third kappa shape index (κ3) is 1.98. The number of nitrogens with zero attached hydrogens (tertiary/aromatic N) is 1. The highest BCUT2D eigenvalue weighted by Crippen LogP contribution is 2.36. The van der Waals surface area contributed by atoms with E-state index in [1.165, 1.54) is 0 Å². The van der Waals surface area contributed by atoms with Gasteiger partial charge in [0.1, 0.15) is 6.04 Å². The Hall–Kier alpha value is -1.06. The zero-order chi connectivity index (χ0) is 11.0. The number of hydrogen-bond acceptors (Lipinski definition) is 2. The Bertz CT molecular complexity index is 290. The summed E-state index contributed by atoms with van der Waals surface area (Å²) in [5.74, 6) is 0.681. The van der Waals surface area contributed by atoms with Gasteiger partial charge in [0.15, 0.2) is 0 Å². The molecule has 2 amide bonds. The number of amides is 2. The summed E-state index contributed by atoms with van der Waals surface area (Å²) >= 11 is 0. The Morgan fingerprint density at radius 1 is 1.47 bits per heavy atom. The van der Waals surface area contributed by atoms with E-state index in [2.05, 4.69) is 12.2 Å². The van der Waals surface area contributed by atoms with Gasteiger partial charge in [0.05, 0.1) is 6.54 Å². The summed E-state index contributed by atoms with van der Waals surface area (Å²) in [5.41, 5.74) is 0. The van der Waals surface area contributed by atoms with Crippen molar-refractivity contribution < 1.29 is 9.59 Å². The summed E-state index contributed by atoms with van der Waals surface area (Å²) in [6.45, 7) is 4.41. The van der Waals surface area contributed by atoms with E-state index in [1.54, 1.807) is 4.90 Å². The third-order valence-corrected chi connectivity index (χ3v) is 3.28. The molecule has 1 N–H and O–H groups in total. The fourth-order valence-electron chi connectivity index (χ4n) is 2.24. The monoisotopic (exact) mass is 210 g/mol. The second kappa shape index (κ2) is 3.83. The lowest BCUT2D eigenvalue weighted by Crippen LogP contribution is -2.58. The van der Waals surface area contributed by atoms with Crippen molar-refractivity contribution in [3.05, 3.63) is 0 Å². The van der Waals surface area contributed by atoms with Crippen molar-refractivity contribution in [1.82, 2.24) is 10.2 Å². The average molecular weight is 210 g/mol. The molecule has 0 spiro atoms. The molecule has 0 aromatic rings. The van der Waals surface area contributed by atoms with E-state index in [1.807, 2.05) is 6.92 Å². The van der Waals surface area contributed by atoms with Gasteiger partial charge in [0, 0.05) is 6.04 Å². The maximum Gasteiger partial charge on any atom is 0.245 e. The molecule has 2 rings (SSSR count). The first kappa shape index (κ1) is 10.5. The minimum atomic E-state index is -0.274. The van der Waals surface area contributed by atoms with Crippen LogP contribution in [-0.2, 0) is 9.59 Å². The van der Waals surface area contributed by atoms with Gasteiger partial charge in [-0.15, -0.1) is 0 Å². The molecule has 1 heterocycles. The van der Waals surface area contributed by atoms with Gasteiger partial charge < -0.3 is 10.2 Å². The molecule has 84 valence electrons. The van der Waals surface area contributed by atoms with Crippen LogP contribution in [0, 0.1) is 5.92 Å². The normalized spacial score (nSPS) is 35.3. The van der Waals surface area contributed by atoms with E-state index in [0.717, 1.165) is 19.3 Å². The van der Waals surface area contributed by atoms with E-state index in [9.17, 15) is 9.59 Å². The minimum absolute atomic E-state index is 0.00727. The summed E-state index contributed by atoms with van der Waals surface area (Å²) in [6.07, 6.45) is 2.73. The Balaban J connectivity index is 2.04. The Kier molecular flexibility index (Phi) is 2.67. The highest BCUT2D eigenvalue weighted by Gasteiger charge is 2.45. The van der Waals surface area contributed by atoms with E-state index >= 15 is 0 Å². The number of carbonyl (C=O) groups excluding carboxylic acids is 2. The number of piperazine rings is 1. The van der Waals surface area contributed by atoms with Crippen LogP contribution in [-0.4, -0.2) is 35.3 Å². The van der Waals surface area contributed by atoms with Crippen molar-refractivity contribution in [1.29, 1.82) is 0 Å². The summed E-state index contributed by atoms with van der Waals surface area (Å²) in [5, 5.41) is 2.76. The van der Waals surface area contributed by atoms with Gasteiger partial charge in [0.25, 0.3) is 0 Å². The van der Waals surface area contributed by atoms with Crippen molar-refractivity contribution in [3.8, 4) is 0 Å². The van der Waals surface area contributed by atoms with Crippen LogP contribution in [0.25, 0.3) is 0 Å². The van der Waals surface area contributed by atoms with Gasteiger partial charge in [-0.2, -0.15) is 0 Å². The smallest absolute Gasteiger partial charge is 0.245 e. The molecule has 1 saturated heterocycles. The highest BCUT2D eigenvalue weighted by molar-refractivity contribution is 5.95. The van der Waals surface area contributed by atoms with Crippen molar-refractivity contribution in [2.75, 3.05) is 6.54 Å². The molecule has 1 saturated carbocycles. The van der Waals surface area contributed by atoms with Crippen molar-refractivity contribution in [2.45, 2.75) is 45.2 Å². The van der Waals surface area contributed by atoms with Crippen molar-refractivity contribution in [3.63, 3.8) is 0 Å². The SMILES string of the molecule is CCCC1NC(=O)CN(C2CC2C)C1=O. The van der Waals surface area contributed by atoms with Crippen molar-refractivity contribution >= 4 is 11.8 Å². The molecule has 0 aromatic carbocycles. The summed E-state index contributed by atoms with van der Waals surface area (Å²) in [4.78, 5) is 25.2. The van der Waals surface area contributed by atoms with Crippen LogP contribution in [0.2, 0.25) is 0 Å². The Labute approximate surface area is 90.0 Å². The van der Waals surface area contributed by atoms with Gasteiger partial charge in [-0.1, -0.05) is 20.3 Å². The molecule has 3 unspecified atom stereocenters. The maximum absolute atomic E-state index is 12.0. The van der Waals surface area contributed by atoms with Crippen molar-refractivity contribution in [2.24, 2.45) is 5.92 Å². The van der Waals surface area contributed by atoms with Gasteiger partial charge in [-0.3, -0.25) is 9.59 Å². The predicted molar refractivity (Wildman–Crippen MR) is 56.1 cm³/mol. The highest BCUT2D eigenvalue weighted by atomic mass is 16.2. The first-order chi connectivity index (χ1) is 7.13. The fourth-order valence-corrected chi connectivity index (χ4v) is 2.24. The summed E-state index contributed by atoms with van der Waals surface area (Å²) in [7, 11) is 0. The third-order valence-electron chi connectivity index (χ3n) is 3.28. The minimum Gasteiger partial charge on any atom is -0.343 e. The standard InChI is InChI=1S/C11H18N2O2/c1-3-4-8-11(15)13(6-10(14)12-8)9-5-7(9)2/h7-9H,3-6H2,1-2H3,(H,12,14). The second-order valence-corrected chi connectivity index (χ2v) is 4.66. The zero-order valence-corrected chi connectivity index (χ0v) is 9.32. The molecule has 0 radical (unpaired) electrons. The molecule has 15 heavy (non-hydrogen) atoms. The molecule has 0 aromatic heterocycles. The molecular formula is C11H18N2O2. The quantitative estimate of drug-likeness (QED) is 0.738. The summed E-state index contributed by atoms with van der Waals surface area (Å²) < 4.78 is 0. The van der Waals surface area contributed by atoms with Crippen LogP contribution in [0.15, 0.2) is 0 Å². The largest absolute Gasteiger partial charge is 0.343 e. The molecule has 1 aliphatic heterocycles. The van der Waals surface area contributed by atoms with Gasteiger partial charge in [0.2, 0.25) is 11.8 Å². The number of carbonyl (C=O) groups is 2. The molecule has 4 nitrogen and oxygen atoms in total. The average Bonchev–Trinajstić information content (AvgIpc) is 2.89. The first-order valence-corrected chi connectivity index (χ1v) is 5.73. The molecule has 2 fully saturated rings. The van der Waals surface area contributed by atoms with Crippen LogP contribution in [0.1, 0.15) is 33.1 Å². The molecule has 1 aliphatic carbocycles. The zero-order valence-electron chi connectivity index (χ0n) is 9.32. The van der Waals surface area contributed by atoms with E-state index in [4.69, 9.17) is 0 Å². The second-order valence-electron chi connectivity index (χ2n) is 4.66. The molecule has 2 aliphatic rings. The Morgan fingerprint density at radius 2 is 2.13 bits per heavy atom. The maximum atomic E-state index is 12.0. The van der Waals surface area contributed by atoms with Crippen LogP contribution >= 0.6 is 0 Å². The lowest BCUT2D eigenvalue weighted by Gasteiger charge is -2.32. The number of hydrogen-bond donors (Lipinski definition) is 1. The summed E-state index contributed by atoms with van der Waals surface area (Å²) in [6, 6.07) is 0.0481. The van der Waals surface area contributed by atoms with Gasteiger partial charge in [-0.25, -0.2) is 0 Å². The lowest BCUT2D eigenvalue weighted by molar-refractivity contribution is -0.145. The lowest BCUT2D eigenvalue weighted by atomic mass is 10.1. The molecule has 3 atom stereocenters. The van der Waals surface area contributed by atoms with Crippen LogP contribution in [0.5, 0.6) is 0 Å². The molecular weight excluding hydrogens is 192 g/mol. The van der Waals surface area contributed by atoms with Crippen LogP contribution in [0.3, 0.4) is 0 Å². The first-order valence-electron chi connectivity index (χ1n) is 5.73. The fraction of sp³-hybridized carbons (Fsp3) is 0.818. The topological polar surface area (TPSA) is 49.4 Å². The molecule has 0 bridgehead atoms. The van der Waals surface area contributed by atoms with Crippen LogP contribution in [0.4, 0.5) is 0 Å². The van der Waals surface area contributed by atoms with E-state index in [-0.39, 0.29) is 24.4 Å². The van der Waals surface area contributed by atoms with E-state index < -0.39 is 0 Å². The number of rotatable bonds is 3. The van der Waals surface area contributed by atoms with E-state index in [0.29, 0.717) is 12.0 Å². The number of nitrogens with one attached hydrogen (secondary N) is 1. The van der Waals surface area contributed by atoms with Gasteiger partial charge >= 0.3 is 0 Å². The predicted octanol–water partition coefficient (Wildman–Crippen LogP) is 0.522. The Morgan fingerprint density at radius 3 is 2.67 bits per heavy atom. The van der Waals surface area contributed by atoms with Gasteiger partial charge in [-0.05, 0) is 18.8 Å².